The summed E-state index contributed by atoms with van der Waals surface area (Å²) in [5.41, 5.74) is 1.81. The van der Waals surface area contributed by atoms with Crippen LogP contribution in [0.4, 0.5) is 5.69 Å². The van der Waals surface area contributed by atoms with Gasteiger partial charge in [0.2, 0.25) is 0 Å². The summed E-state index contributed by atoms with van der Waals surface area (Å²) in [7, 11) is -4.33. The Morgan fingerprint density at radius 3 is 2.26 bits per heavy atom. The van der Waals surface area contributed by atoms with Crippen molar-refractivity contribution >= 4 is 27.6 Å². The molecule has 0 spiro atoms. The largest absolute Gasteiger partial charge is 0.394 e. The number of aliphatic hydroxyl groups excluding tert-OH is 2. The van der Waals surface area contributed by atoms with Gasteiger partial charge < -0.3 is 15.5 Å². The van der Waals surface area contributed by atoms with Gasteiger partial charge in [0.1, 0.15) is 0 Å². The Bertz CT molecular complexity index is 874. The molecule has 0 amide bonds. The Balaban J connectivity index is 2.33. The summed E-state index contributed by atoms with van der Waals surface area (Å²) in [6.07, 6.45) is -0.935. The third-order valence-electron chi connectivity index (χ3n) is 3.94. The van der Waals surface area contributed by atoms with Crippen molar-refractivity contribution in [3.8, 4) is 0 Å². The molecule has 0 radical (unpaired) electrons. The summed E-state index contributed by atoms with van der Waals surface area (Å²) in [6, 6.07) is 12.2. The molecular formula is C19H25NO5S2. The minimum Gasteiger partial charge on any atom is -0.394 e. The third kappa shape index (κ3) is 6.22. The van der Waals surface area contributed by atoms with Crippen LogP contribution in [0.25, 0.3) is 0 Å². The Hall–Kier alpha value is -1.58. The number of benzene rings is 2. The first-order chi connectivity index (χ1) is 12.5. The van der Waals surface area contributed by atoms with Crippen molar-refractivity contribution in [2.75, 3.05) is 18.5 Å². The summed E-state index contributed by atoms with van der Waals surface area (Å²) < 4.78 is 32.3. The van der Waals surface area contributed by atoms with E-state index in [2.05, 4.69) is 26.1 Å². The second-order valence-electron chi connectivity index (χ2n) is 7.23. The smallest absolute Gasteiger partial charge is 0.294 e. The van der Waals surface area contributed by atoms with E-state index in [9.17, 15) is 18.1 Å². The monoisotopic (exact) mass is 411 g/mol. The number of hydrogen-bond acceptors (Lipinski definition) is 6. The molecular weight excluding hydrogens is 386 g/mol. The number of rotatable bonds is 7. The summed E-state index contributed by atoms with van der Waals surface area (Å²) in [5.74, 6) is 0. The Labute approximate surface area is 164 Å². The van der Waals surface area contributed by atoms with E-state index in [1.165, 1.54) is 35.5 Å². The van der Waals surface area contributed by atoms with E-state index in [1.807, 2.05) is 24.3 Å². The summed E-state index contributed by atoms with van der Waals surface area (Å²) in [4.78, 5) is 1.28. The SMILES string of the molecule is CC(C)(C)c1ccc(Sc2cc(S(=O)(=O)O)ccc2NCC(O)CO)cc1. The fourth-order valence-electron chi connectivity index (χ4n) is 2.34. The van der Waals surface area contributed by atoms with Crippen molar-refractivity contribution in [2.24, 2.45) is 0 Å². The van der Waals surface area contributed by atoms with Crippen LogP contribution in [-0.4, -0.2) is 42.4 Å². The minimum absolute atomic E-state index is 0.0290. The summed E-state index contributed by atoms with van der Waals surface area (Å²) >= 11 is 1.34. The van der Waals surface area contributed by atoms with Gasteiger partial charge in [-0.2, -0.15) is 8.42 Å². The molecule has 148 valence electrons. The van der Waals surface area contributed by atoms with Gasteiger partial charge in [0.15, 0.2) is 0 Å². The lowest BCUT2D eigenvalue weighted by Crippen LogP contribution is -2.23. The molecule has 0 saturated heterocycles. The topological polar surface area (TPSA) is 107 Å². The van der Waals surface area contributed by atoms with E-state index in [0.717, 1.165) is 4.90 Å². The van der Waals surface area contributed by atoms with Crippen LogP contribution in [0.5, 0.6) is 0 Å². The maximum Gasteiger partial charge on any atom is 0.294 e. The van der Waals surface area contributed by atoms with E-state index in [0.29, 0.717) is 10.6 Å². The third-order valence-corrected chi connectivity index (χ3v) is 5.85. The lowest BCUT2D eigenvalue weighted by atomic mass is 9.87. The predicted molar refractivity (Wildman–Crippen MR) is 107 cm³/mol. The Morgan fingerprint density at radius 1 is 1.11 bits per heavy atom. The molecule has 0 bridgehead atoms. The lowest BCUT2D eigenvalue weighted by Gasteiger charge is -2.19. The number of hydrogen-bond donors (Lipinski definition) is 4. The standard InChI is InChI=1S/C19H25NO5S2/c1-19(2,3)13-4-6-15(7-5-13)26-18-10-16(27(23,24)25)8-9-17(18)20-11-14(22)12-21/h4-10,14,20-22H,11-12H2,1-3H3,(H,23,24,25). The molecule has 6 nitrogen and oxygen atoms in total. The van der Waals surface area contributed by atoms with E-state index < -0.39 is 16.2 Å². The average Bonchev–Trinajstić information content (AvgIpc) is 2.59. The van der Waals surface area contributed by atoms with Crippen molar-refractivity contribution in [2.45, 2.75) is 47.0 Å². The predicted octanol–water partition coefficient (Wildman–Crippen LogP) is 3.15. The van der Waals surface area contributed by atoms with Crippen molar-refractivity contribution in [3.05, 3.63) is 48.0 Å². The van der Waals surface area contributed by atoms with Gasteiger partial charge in [-0.1, -0.05) is 44.7 Å². The first-order valence-electron chi connectivity index (χ1n) is 8.43. The zero-order valence-electron chi connectivity index (χ0n) is 15.5. The van der Waals surface area contributed by atoms with Gasteiger partial charge in [0.25, 0.3) is 10.1 Å². The highest BCUT2D eigenvalue weighted by Crippen LogP contribution is 2.36. The quantitative estimate of drug-likeness (QED) is 0.519. The molecule has 0 saturated carbocycles. The highest BCUT2D eigenvalue weighted by molar-refractivity contribution is 7.99. The molecule has 1 atom stereocenters. The van der Waals surface area contributed by atoms with Crippen molar-refractivity contribution in [1.29, 1.82) is 0 Å². The number of aliphatic hydroxyl groups is 2. The van der Waals surface area contributed by atoms with Crippen LogP contribution in [0.2, 0.25) is 0 Å². The van der Waals surface area contributed by atoms with Crippen LogP contribution in [0.3, 0.4) is 0 Å². The van der Waals surface area contributed by atoms with Gasteiger partial charge in [-0.05, 0) is 41.3 Å². The van der Waals surface area contributed by atoms with Crippen LogP contribution >= 0.6 is 11.8 Å². The van der Waals surface area contributed by atoms with Gasteiger partial charge in [-0.3, -0.25) is 4.55 Å². The Kier molecular flexibility index (Phi) is 6.93. The summed E-state index contributed by atoms with van der Waals surface area (Å²) in [6.45, 7) is 6.10. The maximum atomic E-state index is 11.5. The number of anilines is 1. The average molecular weight is 412 g/mol. The van der Waals surface area contributed by atoms with Crippen molar-refractivity contribution in [3.63, 3.8) is 0 Å². The van der Waals surface area contributed by atoms with Crippen molar-refractivity contribution in [1.82, 2.24) is 0 Å². The molecule has 2 aromatic rings. The van der Waals surface area contributed by atoms with Crippen molar-refractivity contribution < 1.29 is 23.2 Å². The second-order valence-corrected chi connectivity index (χ2v) is 9.76. The zero-order valence-corrected chi connectivity index (χ0v) is 17.1. The fourth-order valence-corrected chi connectivity index (χ4v) is 3.88. The molecule has 0 aliphatic heterocycles. The van der Waals surface area contributed by atoms with Crippen LogP contribution in [-0.2, 0) is 15.5 Å². The van der Waals surface area contributed by atoms with Crippen LogP contribution in [0.15, 0.2) is 57.2 Å². The molecule has 0 fully saturated rings. The normalized spacial score (nSPS) is 13.4. The Morgan fingerprint density at radius 2 is 1.74 bits per heavy atom. The van der Waals surface area contributed by atoms with Gasteiger partial charge >= 0.3 is 0 Å². The molecule has 27 heavy (non-hydrogen) atoms. The molecule has 1 unspecified atom stereocenters. The van der Waals surface area contributed by atoms with Gasteiger partial charge in [0, 0.05) is 22.0 Å². The minimum atomic E-state index is -4.33. The second kappa shape index (κ2) is 8.62. The van der Waals surface area contributed by atoms with E-state index in [1.54, 1.807) is 0 Å². The molecule has 8 heteroatoms. The van der Waals surface area contributed by atoms with Crippen LogP contribution in [0.1, 0.15) is 26.3 Å². The highest BCUT2D eigenvalue weighted by atomic mass is 32.2. The fraction of sp³-hybridized carbons (Fsp3) is 0.368. The van der Waals surface area contributed by atoms with E-state index in [-0.39, 0.29) is 23.5 Å². The first-order valence-corrected chi connectivity index (χ1v) is 10.7. The molecule has 2 aromatic carbocycles. The van der Waals surface area contributed by atoms with Crippen LogP contribution in [0, 0.1) is 0 Å². The first kappa shape index (κ1) is 21.7. The molecule has 2 rings (SSSR count). The van der Waals surface area contributed by atoms with Gasteiger partial charge in [-0.25, -0.2) is 0 Å². The summed E-state index contributed by atoms with van der Waals surface area (Å²) in [5, 5.41) is 21.5. The lowest BCUT2D eigenvalue weighted by molar-refractivity contribution is 0.105. The maximum absolute atomic E-state index is 11.5. The molecule has 0 aliphatic carbocycles. The van der Waals surface area contributed by atoms with Crippen LogP contribution < -0.4 is 5.32 Å². The van der Waals surface area contributed by atoms with Gasteiger partial charge in [0.05, 0.1) is 17.6 Å². The van der Waals surface area contributed by atoms with E-state index >= 15 is 0 Å². The molecule has 0 aromatic heterocycles. The van der Waals surface area contributed by atoms with E-state index in [4.69, 9.17) is 5.11 Å². The molecule has 4 N–H and O–H groups in total. The molecule has 0 aliphatic rings. The molecule has 0 heterocycles. The number of nitrogens with one attached hydrogen (secondary N) is 1. The van der Waals surface area contributed by atoms with Gasteiger partial charge in [-0.15, -0.1) is 0 Å². The zero-order chi connectivity index (χ0) is 20.2. The highest BCUT2D eigenvalue weighted by Gasteiger charge is 2.16.